The summed E-state index contributed by atoms with van der Waals surface area (Å²) in [7, 11) is 0. The van der Waals surface area contributed by atoms with Crippen molar-refractivity contribution in [2.45, 2.75) is 13.8 Å². The summed E-state index contributed by atoms with van der Waals surface area (Å²) in [6.07, 6.45) is 0. The van der Waals surface area contributed by atoms with E-state index in [9.17, 15) is 25.0 Å². The van der Waals surface area contributed by atoms with Crippen molar-refractivity contribution in [1.29, 1.82) is 5.26 Å². The summed E-state index contributed by atoms with van der Waals surface area (Å²) in [4.78, 5) is 36.9. The predicted molar refractivity (Wildman–Crippen MR) is 84.6 cm³/mol. The molecule has 0 unspecified atom stereocenters. The Hall–Kier alpha value is -3.47. The number of hydrogen-bond acceptors (Lipinski definition) is 6. The molecule has 0 atom stereocenters. The van der Waals surface area contributed by atoms with Gasteiger partial charge in [-0.3, -0.25) is 14.9 Å². The minimum atomic E-state index is -0.684. The van der Waals surface area contributed by atoms with Gasteiger partial charge < -0.3 is 9.72 Å². The van der Waals surface area contributed by atoms with Crippen molar-refractivity contribution < 1.29 is 14.5 Å². The Kier molecular flexibility index (Phi) is 4.75. The zero-order chi connectivity index (χ0) is 17.9. The molecule has 1 aromatic heterocycles. The number of nitriles is 1. The molecule has 0 fully saturated rings. The fourth-order valence-electron chi connectivity index (χ4n) is 2.32. The molecule has 1 N–H and O–H groups in total. The van der Waals surface area contributed by atoms with E-state index in [1.165, 1.54) is 31.2 Å². The fourth-order valence-corrected chi connectivity index (χ4v) is 2.32. The molecule has 2 aromatic rings. The van der Waals surface area contributed by atoms with Crippen LogP contribution in [0.1, 0.15) is 28.5 Å². The molecule has 24 heavy (non-hydrogen) atoms. The van der Waals surface area contributed by atoms with Crippen LogP contribution < -0.4 is 5.56 Å². The molecule has 1 heterocycles. The van der Waals surface area contributed by atoms with E-state index in [4.69, 9.17) is 4.74 Å². The van der Waals surface area contributed by atoms with Gasteiger partial charge in [-0.15, -0.1) is 0 Å². The van der Waals surface area contributed by atoms with Crippen LogP contribution in [0, 0.1) is 28.4 Å². The fraction of sp³-hybridized carbons (Fsp3) is 0.188. The van der Waals surface area contributed by atoms with Gasteiger partial charge in [-0.25, -0.2) is 4.79 Å². The number of esters is 1. The van der Waals surface area contributed by atoms with Crippen LogP contribution in [-0.2, 0) is 4.74 Å². The normalized spacial score (nSPS) is 10.0. The largest absolute Gasteiger partial charge is 0.462 e. The number of nitro benzene ring substituents is 1. The average Bonchev–Trinajstić information content (AvgIpc) is 2.54. The number of nitrogens with zero attached hydrogens (tertiary/aromatic N) is 2. The summed E-state index contributed by atoms with van der Waals surface area (Å²) in [5.41, 5.74) is -0.278. The van der Waals surface area contributed by atoms with Crippen LogP contribution in [0.2, 0.25) is 0 Å². The maximum Gasteiger partial charge on any atom is 0.340 e. The molecule has 2 rings (SSSR count). The molecule has 8 heteroatoms. The predicted octanol–water partition coefficient (Wildman–Crippen LogP) is 2.31. The molecule has 0 spiro atoms. The van der Waals surface area contributed by atoms with Crippen molar-refractivity contribution in [2.24, 2.45) is 0 Å². The van der Waals surface area contributed by atoms with Crippen molar-refractivity contribution >= 4 is 11.7 Å². The van der Waals surface area contributed by atoms with Gasteiger partial charge in [0.05, 0.1) is 17.1 Å². The average molecular weight is 327 g/mol. The first kappa shape index (κ1) is 16.9. The Morgan fingerprint density at radius 3 is 2.50 bits per heavy atom. The molecule has 0 amide bonds. The van der Waals surface area contributed by atoms with Gasteiger partial charge in [0.1, 0.15) is 11.6 Å². The lowest BCUT2D eigenvalue weighted by Gasteiger charge is -2.13. The quantitative estimate of drug-likeness (QED) is 0.521. The minimum absolute atomic E-state index is 0.0573. The van der Waals surface area contributed by atoms with Gasteiger partial charge in [0.25, 0.3) is 11.2 Å². The number of carbonyl (C=O) groups is 1. The number of benzene rings is 1. The Morgan fingerprint density at radius 1 is 1.38 bits per heavy atom. The summed E-state index contributed by atoms with van der Waals surface area (Å²) in [6, 6.07) is 7.02. The van der Waals surface area contributed by atoms with Crippen molar-refractivity contribution in [3.63, 3.8) is 0 Å². The molecule has 0 aliphatic rings. The van der Waals surface area contributed by atoms with Crippen molar-refractivity contribution in [3.05, 3.63) is 61.6 Å². The van der Waals surface area contributed by atoms with Crippen LogP contribution in [0.5, 0.6) is 0 Å². The number of nitro groups is 1. The standard InChI is InChI=1S/C16H13N3O5/c1-3-24-16(21)13-9(2)18-15(20)12(8-17)14(13)10-4-6-11(7-5-10)19(22)23/h4-7H,3H2,1-2H3,(H,18,20). The highest BCUT2D eigenvalue weighted by atomic mass is 16.6. The number of nitrogens with one attached hydrogen (secondary N) is 1. The Labute approximate surface area is 136 Å². The van der Waals surface area contributed by atoms with Crippen LogP contribution in [0.15, 0.2) is 29.1 Å². The minimum Gasteiger partial charge on any atom is -0.462 e. The van der Waals surface area contributed by atoms with Gasteiger partial charge in [-0.1, -0.05) is 0 Å². The lowest BCUT2D eigenvalue weighted by Crippen LogP contribution is -2.20. The first-order valence-corrected chi connectivity index (χ1v) is 6.99. The third-order valence-corrected chi connectivity index (χ3v) is 3.36. The zero-order valence-corrected chi connectivity index (χ0v) is 13.0. The van der Waals surface area contributed by atoms with Crippen molar-refractivity contribution in [3.8, 4) is 17.2 Å². The van der Waals surface area contributed by atoms with Crippen LogP contribution >= 0.6 is 0 Å². The summed E-state index contributed by atoms with van der Waals surface area (Å²) >= 11 is 0. The lowest BCUT2D eigenvalue weighted by molar-refractivity contribution is -0.384. The molecule has 0 aliphatic heterocycles. The summed E-state index contributed by atoms with van der Waals surface area (Å²) in [6.45, 7) is 3.28. The van der Waals surface area contributed by atoms with E-state index >= 15 is 0 Å². The monoisotopic (exact) mass is 327 g/mol. The molecule has 0 saturated carbocycles. The maximum atomic E-state index is 12.3. The number of aryl methyl sites for hydroxylation is 1. The lowest BCUT2D eigenvalue weighted by atomic mass is 9.94. The number of hydrogen-bond donors (Lipinski definition) is 1. The third-order valence-electron chi connectivity index (χ3n) is 3.36. The number of aromatic amines is 1. The van der Waals surface area contributed by atoms with E-state index in [1.54, 1.807) is 13.0 Å². The van der Waals surface area contributed by atoms with Gasteiger partial charge in [0.2, 0.25) is 0 Å². The first-order chi connectivity index (χ1) is 11.4. The number of pyridine rings is 1. The molecular formula is C16H13N3O5. The van der Waals surface area contributed by atoms with Crippen molar-refractivity contribution in [1.82, 2.24) is 4.98 Å². The van der Waals surface area contributed by atoms with Crippen molar-refractivity contribution in [2.75, 3.05) is 6.61 Å². The third kappa shape index (κ3) is 3.01. The molecule has 1 aromatic carbocycles. The van der Waals surface area contributed by atoms with Gasteiger partial charge in [0, 0.05) is 23.4 Å². The van der Waals surface area contributed by atoms with Crippen LogP contribution in [0.4, 0.5) is 5.69 Å². The van der Waals surface area contributed by atoms with Crippen LogP contribution in [0.3, 0.4) is 0 Å². The maximum absolute atomic E-state index is 12.3. The topological polar surface area (TPSA) is 126 Å². The van der Waals surface area contributed by atoms with Gasteiger partial charge in [-0.05, 0) is 31.5 Å². The van der Waals surface area contributed by atoms with Crippen LogP contribution in [-0.4, -0.2) is 22.5 Å². The second kappa shape index (κ2) is 6.75. The van der Waals surface area contributed by atoms with Gasteiger partial charge >= 0.3 is 5.97 Å². The number of H-pyrrole nitrogens is 1. The number of rotatable bonds is 4. The molecule has 0 aliphatic carbocycles. The van der Waals surface area contributed by atoms with E-state index in [2.05, 4.69) is 4.98 Å². The van der Waals surface area contributed by atoms with Crippen LogP contribution in [0.25, 0.3) is 11.1 Å². The Balaban J connectivity index is 2.79. The summed E-state index contributed by atoms with van der Waals surface area (Å²) in [5, 5.41) is 20.1. The van der Waals surface area contributed by atoms with E-state index in [1.807, 2.05) is 0 Å². The van der Waals surface area contributed by atoms with Gasteiger partial charge in [0.15, 0.2) is 0 Å². The molecule has 0 saturated heterocycles. The zero-order valence-electron chi connectivity index (χ0n) is 13.0. The molecule has 0 bridgehead atoms. The summed E-state index contributed by atoms with van der Waals surface area (Å²) < 4.78 is 4.99. The highest BCUT2D eigenvalue weighted by Gasteiger charge is 2.23. The number of ether oxygens (including phenoxy) is 1. The SMILES string of the molecule is CCOC(=O)c1c(C)[nH]c(=O)c(C#N)c1-c1ccc([N+](=O)[O-])cc1. The first-order valence-electron chi connectivity index (χ1n) is 6.99. The number of non-ortho nitro benzene ring substituents is 1. The summed E-state index contributed by atoms with van der Waals surface area (Å²) in [5.74, 6) is -0.684. The van der Waals surface area contributed by atoms with Gasteiger partial charge in [-0.2, -0.15) is 5.26 Å². The highest BCUT2D eigenvalue weighted by Crippen LogP contribution is 2.29. The highest BCUT2D eigenvalue weighted by molar-refractivity contribution is 5.99. The van der Waals surface area contributed by atoms with E-state index in [0.29, 0.717) is 5.56 Å². The molecular weight excluding hydrogens is 314 g/mol. The Bertz CT molecular complexity index is 907. The molecule has 0 radical (unpaired) electrons. The number of aromatic nitrogens is 1. The van der Waals surface area contributed by atoms with E-state index in [-0.39, 0.29) is 34.7 Å². The van der Waals surface area contributed by atoms with E-state index < -0.39 is 16.5 Å². The smallest absolute Gasteiger partial charge is 0.340 e. The molecule has 8 nitrogen and oxygen atoms in total. The second-order valence-electron chi connectivity index (χ2n) is 4.84. The van der Waals surface area contributed by atoms with E-state index in [0.717, 1.165) is 0 Å². The molecule has 122 valence electrons. The Morgan fingerprint density at radius 2 is 2.00 bits per heavy atom. The second-order valence-corrected chi connectivity index (χ2v) is 4.84. The number of carbonyl (C=O) groups excluding carboxylic acids is 1.